The zero-order valence-electron chi connectivity index (χ0n) is 22.4. The Bertz CT molecular complexity index is 1370. The first-order valence-electron chi connectivity index (χ1n) is 14.1. The number of hydrogen-bond donors (Lipinski definition) is 0. The van der Waals surface area contributed by atoms with Crippen LogP contribution in [-0.2, 0) is 25.9 Å². The summed E-state index contributed by atoms with van der Waals surface area (Å²) in [6.07, 6.45) is 14.6. The molecule has 1 aromatic carbocycles. The van der Waals surface area contributed by atoms with Crippen LogP contribution < -0.4 is 0 Å². The molecular weight excluding hydrogens is 466 g/mol. The van der Waals surface area contributed by atoms with Crippen molar-refractivity contribution in [3.05, 3.63) is 113 Å². The highest BCUT2D eigenvalue weighted by Gasteiger charge is 2.29. The first kappa shape index (κ1) is 24.9. The quantitative estimate of drug-likeness (QED) is 0.211. The predicted octanol–water partition coefficient (Wildman–Crippen LogP) is 6.23. The van der Waals surface area contributed by atoms with Gasteiger partial charge in [0.2, 0.25) is 0 Å². The third kappa shape index (κ3) is 5.40. The fourth-order valence-corrected chi connectivity index (χ4v) is 6.31. The van der Waals surface area contributed by atoms with Crippen molar-refractivity contribution in [2.45, 2.75) is 57.7 Å². The molecular formula is C33H37N5. The molecule has 1 unspecified atom stereocenters. The fraction of sp³-hybridized carbons (Fsp3) is 0.364. The number of benzene rings is 1. The van der Waals surface area contributed by atoms with Crippen LogP contribution in [0.2, 0.25) is 0 Å². The summed E-state index contributed by atoms with van der Waals surface area (Å²) < 4.78 is 0. The first-order valence-corrected chi connectivity index (χ1v) is 14.1. The van der Waals surface area contributed by atoms with Gasteiger partial charge in [-0.2, -0.15) is 0 Å². The first-order chi connectivity index (χ1) is 18.8. The van der Waals surface area contributed by atoms with Crippen molar-refractivity contribution in [2.75, 3.05) is 20.1 Å². The van der Waals surface area contributed by atoms with Gasteiger partial charge in [-0.3, -0.25) is 19.9 Å². The van der Waals surface area contributed by atoms with Crippen LogP contribution in [0.15, 0.2) is 79.4 Å². The van der Waals surface area contributed by atoms with E-state index in [1.54, 1.807) is 0 Å². The van der Waals surface area contributed by atoms with E-state index in [9.17, 15) is 0 Å². The van der Waals surface area contributed by atoms with E-state index >= 15 is 0 Å². The van der Waals surface area contributed by atoms with E-state index in [-0.39, 0.29) is 0 Å². The van der Waals surface area contributed by atoms with Gasteiger partial charge in [-0.1, -0.05) is 36.4 Å². The van der Waals surface area contributed by atoms with Gasteiger partial charge in [0.25, 0.3) is 0 Å². The van der Waals surface area contributed by atoms with E-state index in [0.717, 1.165) is 45.4 Å². The summed E-state index contributed by atoms with van der Waals surface area (Å²) in [4.78, 5) is 19.2. The highest BCUT2D eigenvalue weighted by molar-refractivity contribution is 5.77. The van der Waals surface area contributed by atoms with E-state index in [1.807, 2.05) is 30.9 Å². The lowest BCUT2D eigenvalue weighted by atomic mass is 9.90. The molecule has 0 fully saturated rings. The maximum absolute atomic E-state index is 4.95. The molecule has 2 aliphatic carbocycles. The number of nitrogens with zero attached hydrogens (tertiary/aromatic N) is 5. The Morgan fingerprint density at radius 1 is 0.816 bits per heavy atom. The minimum atomic E-state index is 0.356. The molecule has 194 valence electrons. The molecule has 3 heterocycles. The van der Waals surface area contributed by atoms with Crippen LogP contribution in [-0.4, -0.2) is 44.9 Å². The Morgan fingerprint density at radius 3 is 2.61 bits per heavy atom. The second-order valence-corrected chi connectivity index (χ2v) is 10.9. The highest BCUT2D eigenvalue weighted by Crippen LogP contribution is 2.39. The van der Waals surface area contributed by atoms with Crippen molar-refractivity contribution in [1.82, 2.24) is 24.8 Å². The zero-order valence-corrected chi connectivity index (χ0v) is 22.4. The fourth-order valence-electron chi connectivity index (χ4n) is 6.31. The Morgan fingerprint density at radius 2 is 1.68 bits per heavy atom. The standard InChI is InChI=1S/C33H37N5/c1-37(23-25-9-7-16-34-22-25)19-4-5-20-38(32-14-6-11-26-12-8-17-36-33(26)32)24-31-30-21-27-10-2-3-13-28(27)29(30)15-18-35-31/h2-3,7-10,12-13,15-18,22,32H,4-6,11,14,19-21,23-24H2,1H3. The van der Waals surface area contributed by atoms with Crippen LogP contribution in [0.3, 0.4) is 0 Å². The summed E-state index contributed by atoms with van der Waals surface area (Å²) in [6.45, 7) is 3.96. The maximum Gasteiger partial charge on any atom is 0.0607 e. The molecule has 0 saturated heterocycles. The van der Waals surface area contributed by atoms with Gasteiger partial charge in [0.1, 0.15) is 0 Å². The normalized spacial score (nSPS) is 15.9. The molecule has 4 aromatic rings. The maximum atomic E-state index is 4.95. The van der Waals surface area contributed by atoms with Gasteiger partial charge in [0.05, 0.1) is 17.4 Å². The van der Waals surface area contributed by atoms with Crippen LogP contribution in [0.1, 0.15) is 65.4 Å². The monoisotopic (exact) mass is 503 g/mol. The minimum Gasteiger partial charge on any atom is -0.302 e. The SMILES string of the molecule is CN(CCCCN(Cc1nccc2c1Cc1ccccc1-2)C1CCCc2cccnc21)Cc1cccnc1. The van der Waals surface area contributed by atoms with E-state index in [0.29, 0.717) is 6.04 Å². The largest absolute Gasteiger partial charge is 0.302 e. The summed E-state index contributed by atoms with van der Waals surface area (Å²) in [7, 11) is 2.21. The van der Waals surface area contributed by atoms with Gasteiger partial charge >= 0.3 is 0 Å². The van der Waals surface area contributed by atoms with Crippen LogP contribution >= 0.6 is 0 Å². The molecule has 3 aromatic heterocycles. The van der Waals surface area contributed by atoms with Gasteiger partial charge in [-0.15, -0.1) is 0 Å². The Kier molecular flexibility index (Phi) is 7.56. The topological polar surface area (TPSA) is 45.2 Å². The van der Waals surface area contributed by atoms with Gasteiger partial charge in [-0.05, 0) is 104 Å². The molecule has 5 heteroatoms. The van der Waals surface area contributed by atoms with Crippen molar-refractivity contribution in [3.8, 4) is 11.1 Å². The van der Waals surface area contributed by atoms with E-state index < -0.39 is 0 Å². The number of rotatable bonds is 10. The number of unbranched alkanes of at least 4 members (excludes halogenated alkanes) is 1. The minimum absolute atomic E-state index is 0.356. The second-order valence-electron chi connectivity index (χ2n) is 10.9. The van der Waals surface area contributed by atoms with Crippen molar-refractivity contribution in [1.29, 1.82) is 0 Å². The highest BCUT2D eigenvalue weighted by atomic mass is 15.2. The molecule has 6 rings (SSSR count). The van der Waals surface area contributed by atoms with Crippen molar-refractivity contribution < 1.29 is 0 Å². The smallest absolute Gasteiger partial charge is 0.0607 e. The Labute approximate surface area is 226 Å². The number of hydrogen-bond acceptors (Lipinski definition) is 5. The number of aromatic nitrogens is 3. The van der Waals surface area contributed by atoms with E-state index in [2.05, 4.69) is 70.4 Å². The average Bonchev–Trinajstić information content (AvgIpc) is 3.35. The summed E-state index contributed by atoms with van der Waals surface area (Å²) in [5.41, 5.74) is 10.8. The Hall–Kier alpha value is -3.41. The van der Waals surface area contributed by atoms with Gasteiger partial charge in [-0.25, -0.2) is 0 Å². The van der Waals surface area contributed by atoms with E-state index in [1.165, 1.54) is 64.0 Å². The summed E-state index contributed by atoms with van der Waals surface area (Å²) in [5.74, 6) is 0. The van der Waals surface area contributed by atoms with Crippen LogP contribution in [0, 0.1) is 0 Å². The van der Waals surface area contributed by atoms with Crippen LogP contribution in [0.25, 0.3) is 11.1 Å². The van der Waals surface area contributed by atoms with Gasteiger partial charge < -0.3 is 4.90 Å². The molecule has 0 radical (unpaired) electrons. The summed E-state index contributed by atoms with van der Waals surface area (Å²) in [6, 6.07) is 19.9. The summed E-state index contributed by atoms with van der Waals surface area (Å²) in [5, 5.41) is 0. The average molecular weight is 504 g/mol. The molecule has 0 N–H and O–H groups in total. The second kappa shape index (κ2) is 11.5. The number of pyridine rings is 3. The molecule has 0 amide bonds. The van der Waals surface area contributed by atoms with Crippen molar-refractivity contribution in [2.24, 2.45) is 0 Å². The molecule has 2 aliphatic rings. The lowest BCUT2D eigenvalue weighted by Crippen LogP contribution is -2.33. The third-order valence-electron chi connectivity index (χ3n) is 8.19. The molecule has 0 saturated carbocycles. The number of fused-ring (bicyclic) bond motifs is 4. The molecule has 0 spiro atoms. The van der Waals surface area contributed by atoms with Gasteiger partial charge in [0.15, 0.2) is 0 Å². The molecule has 0 aliphatic heterocycles. The lowest BCUT2D eigenvalue weighted by molar-refractivity contribution is 0.158. The van der Waals surface area contributed by atoms with Crippen molar-refractivity contribution in [3.63, 3.8) is 0 Å². The van der Waals surface area contributed by atoms with E-state index in [4.69, 9.17) is 9.97 Å². The summed E-state index contributed by atoms with van der Waals surface area (Å²) >= 11 is 0. The molecule has 38 heavy (non-hydrogen) atoms. The third-order valence-corrected chi connectivity index (χ3v) is 8.19. The predicted molar refractivity (Wildman–Crippen MR) is 153 cm³/mol. The zero-order chi connectivity index (χ0) is 25.7. The van der Waals surface area contributed by atoms with Gasteiger partial charge in [0, 0.05) is 44.3 Å². The van der Waals surface area contributed by atoms with Crippen LogP contribution in [0.4, 0.5) is 0 Å². The Balaban J connectivity index is 1.18. The molecule has 0 bridgehead atoms. The van der Waals surface area contributed by atoms with Crippen LogP contribution in [0.5, 0.6) is 0 Å². The molecule has 1 atom stereocenters. The molecule has 5 nitrogen and oxygen atoms in total. The van der Waals surface area contributed by atoms with Crippen molar-refractivity contribution >= 4 is 0 Å². The lowest BCUT2D eigenvalue weighted by Gasteiger charge is -2.35. The number of aryl methyl sites for hydroxylation is 1.